The molecule has 0 aliphatic heterocycles. The molecule has 17 heavy (non-hydrogen) atoms. The number of halogens is 1. The zero-order valence-corrected chi connectivity index (χ0v) is 9.45. The maximum absolute atomic E-state index is 13.3. The number of nitrogens with one attached hydrogen (secondary N) is 1. The summed E-state index contributed by atoms with van der Waals surface area (Å²) >= 11 is 0. The zero-order valence-electron chi connectivity index (χ0n) is 9.45. The summed E-state index contributed by atoms with van der Waals surface area (Å²) in [5, 5.41) is 11.6. The minimum Gasteiger partial charge on any atom is -0.507 e. The van der Waals surface area contributed by atoms with Crippen LogP contribution in [0.2, 0.25) is 0 Å². The maximum Gasteiger partial charge on any atom is 0.258 e. The second-order valence-electron chi connectivity index (χ2n) is 4.08. The third-order valence-corrected chi connectivity index (χ3v) is 2.26. The van der Waals surface area contributed by atoms with E-state index < -0.39 is 34.5 Å². The number of carbonyl (C=O) groups excluding carboxylic acids is 2. The van der Waals surface area contributed by atoms with E-state index in [1.807, 2.05) is 0 Å². The Bertz CT molecular complexity index is 452. The predicted octanol–water partition coefficient (Wildman–Crippen LogP) is 0.525. The highest BCUT2D eigenvalue weighted by Crippen LogP contribution is 2.20. The summed E-state index contributed by atoms with van der Waals surface area (Å²) in [7, 11) is 0. The van der Waals surface area contributed by atoms with Crippen molar-refractivity contribution < 1.29 is 19.1 Å². The molecule has 0 aromatic heterocycles. The van der Waals surface area contributed by atoms with E-state index in [1.54, 1.807) is 0 Å². The zero-order chi connectivity index (χ0) is 13.2. The first-order chi connectivity index (χ1) is 7.75. The molecule has 0 unspecified atom stereocenters. The molecule has 2 amide bonds. The fourth-order valence-corrected chi connectivity index (χ4v) is 1.15. The lowest BCUT2D eigenvalue weighted by Crippen LogP contribution is -2.53. The summed E-state index contributed by atoms with van der Waals surface area (Å²) in [6.07, 6.45) is 0. The number of nitrogens with two attached hydrogens (primary N) is 1. The minimum atomic E-state index is -1.33. The smallest absolute Gasteiger partial charge is 0.258 e. The highest BCUT2D eigenvalue weighted by molar-refractivity contribution is 6.00. The monoisotopic (exact) mass is 240 g/mol. The molecule has 0 atom stereocenters. The van der Waals surface area contributed by atoms with Crippen LogP contribution >= 0.6 is 0 Å². The number of hydrogen-bond donors (Lipinski definition) is 3. The van der Waals surface area contributed by atoms with Gasteiger partial charge in [-0.05, 0) is 26.0 Å². The second-order valence-corrected chi connectivity index (χ2v) is 4.08. The number of primary amides is 1. The Balaban J connectivity index is 3.03. The summed E-state index contributed by atoms with van der Waals surface area (Å²) < 4.78 is 13.3. The molecule has 0 aliphatic carbocycles. The molecule has 0 bridgehead atoms. The maximum atomic E-state index is 13.3. The molecule has 1 aromatic carbocycles. The van der Waals surface area contributed by atoms with Crippen molar-refractivity contribution in [2.24, 2.45) is 5.73 Å². The van der Waals surface area contributed by atoms with Crippen molar-refractivity contribution in [3.8, 4) is 5.75 Å². The van der Waals surface area contributed by atoms with E-state index in [9.17, 15) is 19.1 Å². The fourth-order valence-electron chi connectivity index (χ4n) is 1.15. The molecular formula is C11H13FN2O3. The van der Waals surface area contributed by atoms with Crippen LogP contribution in [-0.4, -0.2) is 22.5 Å². The van der Waals surface area contributed by atoms with Gasteiger partial charge in [0.1, 0.15) is 22.7 Å². The van der Waals surface area contributed by atoms with Gasteiger partial charge in [0.15, 0.2) is 0 Å². The number of carbonyl (C=O) groups is 2. The molecule has 0 fully saturated rings. The van der Waals surface area contributed by atoms with Gasteiger partial charge < -0.3 is 16.2 Å². The molecule has 1 aromatic rings. The lowest BCUT2D eigenvalue weighted by Gasteiger charge is -2.22. The number of rotatable bonds is 3. The van der Waals surface area contributed by atoms with Crippen LogP contribution in [-0.2, 0) is 4.79 Å². The van der Waals surface area contributed by atoms with Crippen LogP contribution in [0.15, 0.2) is 18.2 Å². The van der Waals surface area contributed by atoms with Gasteiger partial charge in [0, 0.05) is 0 Å². The van der Waals surface area contributed by atoms with Gasteiger partial charge in [0.25, 0.3) is 5.91 Å². The molecule has 6 heteroatoms. The molecule has 0 saturated carbocycles. The van der Waals surface area contributed by atoms with E-state index in [0.29, 0.717) is 0 Å². The summed E-state index contributed by atoms with van der Waals surface area (Å²) in [4.78, 5) is 22.7. The number of phenolic OH excluding ortho intramolecular Hbond substituents is 1. The summed E-state index contributed by atoms with van der Waals surface area (Å²) in [6.45, 7) is 2.76. The fraction of sp³-hybridized carbons (Fsp3) is 0.273. The third-order valence-electron chi connectivity index (χ3n) is 2.26. The third kappa shape index (κ3) is 2.72. The van der Waals surface area contributed by atoms with Crippen molar-refractivity contribution in [3.63, 3.8) is 0 Å². The summed E-state index contributed by atoms with van der Waals surface area (Å²) in [5.74, 6) is -3.03. The molecule has 0 saturated heterocycles. The molecule has 0 heterocycles. The normalized spacial score (nSPS) is 11.0. The van der Waals surface area contributed by atoms with Gasteiger partial charge in [-0.1, -0.05) is 6.07 Å². The van der Waals surface area contributed by atoms with Gasteiger partial charge in [-0.2, -0.15) is 0 Å². The average Bonchev–Trinajstić information content (AvgIpc) is 2.15. The second kappa shape index (κ2) is 4.40. The van der Waals surface area contributed by atoms with Crippen molar-refractivity contribution in [1.82, 2.24) is 5.32 Å². The van der Waals surface area contributed by atoms with E-state index in [-0.39, 0.29) is 0 Å². The van der Waals surface area contributed by atoms with E-state index in [4.69, 9.17) is 5.73 Å². The van der Waals surface area contributed by atoms with E-state index in [2.05, 4.69) is 5.32 Å². The van der Waals surface area contributed by atoms with Crippen molar-refractivity contribution in [3.05, 3.63) is 29.6 Å². The van der Waals surface area contributed by atoms with Gasteiger partial charge in [-0.3, -0.25) is 9.59 Å². The predicted molar refractivity (Wildman–Crippen MR) is 58.8 cm³/mol. The Morgan fingerprint density at radius 2 is 2.00 bits per heavy atom. The van der Waals surface area contributed by atoms with Gasteiger partial charge >= 0.3 is 0 Å². The van der Waals surface area contributed by atoms with Crippen LogP contribution in [0.1, 0.15) is 24.2 Å². The highest BCUT2D eigenvalue weighted by atomic mass is 19.1. The van der Waals surface area contributed by atoms with Crippen molar-refractivity contribution in [2.75, 3.05) is 0 Å². The van der Waals surface area contributed by atoms with Crippen molar-refractivity contribution >= 4 is 11.8 Å². The van der Waals surface area contributed by atoms with E-state index >= 15 is 0 Å². The Morgan fingerprint density at radius 1 is 1.41 bits per heavy atom. The molecule has 0 aliphatic rings. The van der Waals surface area contributed by atoms with Gasteiger partial charge in [0.05, 0.1) is 0 Å². The van der Waals surface area contributed by atoms with Crippen molar-refractivity contribution in [2.45, 2.75) is 19.4 Å². The van der Waals surface area contributed by atoms with Gasteiger partial charge in [-0.15, -0.1) is 0 Å². The first kappa shape index (κ1) is 13.0. The molecule has 4 N–H and O–H groups in total. The average molecular weight is 240 g/mol. The molecule has 92 valence electrons. The largest absolute Gasteiger partial charge is 0.507 e. The molecule has 0 spiro atoms. The Kier molecular flexibility index (Phi) is 3.36. The van der Waals surface area contributed by atoms with Crippen LogP contribution in [0.3, 0.4) is 0 Å². The lowest BCUT2D eigenvalue weighted by atomic mass is 10.0. The molecule has 5 nitrogen and oxygen atoms in total. The summed E-state index contributed by atoms with van der Waals surface area (Å²) in [6, 6.07) is 3.47. The topological polar surface area (TPSA) is 92.4 Å². The van der Waals surface area contributed by atoms with E-state index in [1.165, 1.54) is 26.0 Å². The minimum absolute atomic E-state index is 0.497. The standard InChI is InChI=1S/C11H13FN2O3/c1-11(2,10(13)17)14-9(16)8-6(12)4-3-5-7(8)15/h3-5,15H,1-2H3,(H2,13,17)(H,14,16). The summed E-state index contributed by atoms with van der Waals surface area (Å²) in [5.41, 5.74) is 3.22. The van der Waals surface area contributed by atoms with E-state index in [0.717, 1.165) is 6.07 Å². The number of amides is 2. The number of phenols is 1. The first-order valence-corrected chi connectivity index (χ1v) is 4.85. The Hall–Kier alpha value is -2.11. The molecule has 1 rings (SSSR count). The Labute approximate surface area is 97.4 Å². The van der Waals surface area contributed by atoms with Crippen molar-refractivity contribution in [1.29, 1.82) is 0 Å². The lowest BCUT2D eigenvalue weighted by molar-refractivity contribution is -0.122. The molecular weight excluding hydrogens is 227 g/mol. The van der Waals surface area contributed by atoms with Crippen LogP contribution in [0, 0.1) is 5.82 Å². The Morgan fingerprint density at radius 3 is 2.47 bits per heavy atom. The molecule has 0 radical (unpaired) electrons. The van der Waals surface area contributed by atoms with Gasteiger partial charge in [0.2, 0.25) is 5.91 Å². The van der Waals surface area contributed by atoms with Gasteiger partial charge in [-0.25, -0.2) is 4.39 Å². The first-order valence-electron chi connectivity index (χ1n) is 4.85. The number of hydrogen-bond acceptors (Lipinski definition) is 3. The van der Waals surface area contributed by atoms with Crippen LogP contribution in [0.5, 0.6) is 5.75 Å². The van der Waals surface area contributed by atoms with Crippen LogP contribution < -0.4 is 11.1 Å². The number of aromatic hydroxyl groups is 1. The number of benzene rings is 1. The quantitative estimate of drug-likeness (QED) is 0.719. The van der Waals surface area contributed by atoms with Crippen LogP contribution in [0.4, 0.5) is 4.39 Å². The van der Waals surface area contributed by atoms with Crippen LogP contribution in [0.25, 0.3) is 0 Å². The SMILES string of the molecule is CC(C)(NC(=O)c1c(O)cccc1F)C(N)=O. The highest BCUT2D eigenvalue weighted by Gasteiger charge is 2.29.